The third-order valence-electron chi connectivity index (χ3n) is 2.34. The van der Waals surface area contributed by atoms with Crippen molar-refractivity contribution < 1.29 is 13.5 Å². The van der Waals surface area contributed by atoms with E-state index in [1.165, 1.54) is 0 Å². The van der Waals surface area contributed by atoms with Crippen LogP contribution in [0.4, 0.5) is 0 Å². The van der Waals surface area contributed by atoms with E-state index in [0.29, 0.717) is 25.7 Å². The maximum absolute atomic E-state index is 11.0. The van der Waals surface area contributed by atoms with Gasteiger partial charge in [-0.05, 0) is 32.6 Å². The van der Waals surface area contributed by atoms with Crippen LogP contribution < -0.4 is 0 Å². The average Bonchev–Trinajstić information content (AvgIpc) is 2.60. The molecule has 1 unspecified atom stereocenters. The molecule has 1 fully saturated rings. The molecule has 5 heteroatoms. The topological polar surface area (TPSA) is 54.4 Å². The molecular weight excluding hydrogens is 200 g/mol. The van der Waals surface area contributed by atoms with Crippen LogP contribution in [0.3, 0.4) is 0 Å². The number of rotatable bonds is 4. The lowest BCUT2D eigenvalue weighted by atomic mass is 10.1. The molecule has 72 valence electrons. The molecular formula is C7H13ClO3S. The standard InChI is InChI=1S/C7H13ClO3S/c1-6(9)2-3-7(4-5-7)12(8,10)11/h6,9H,2-5H2,1H3. The van der Waals surface area contributed by atoms with Gasteiger partial charge < -0.3 is 5.11 Å². The van der Waals surface area contributed by atoms with Crippen molar-refractivity contribution in [1.29, 1.82) is 0 Å². The molecule has 1 aliphatic carbocycles. The number of aliphatic hydroxyl groups is 1. The van der Waals surface area contributed by atoms with Gasteiger partial charge in [0.05, 0.1) is 10.9 Å². The summed E-state index contributed by atoms with van der Waals surface area (Å²) in [6.07, 6.45) is 1.83. The van der Waals surface area contributed by atoms with Gasteiger partial charge in [0.25, 0.3) is 0 Å². The summed E-state index contributed by atoms with van der Waals surface area (Å²) in [5, 5.41) is 8.97. The van der Waals surface area contributed by atoms with E-state index in [1.807, 2.05) is 0 Å². The van der Waals surface area contributed by atoms with E-state index in [0.717, 1.165) is 0 Å². The Morgan fingerprint density at radius 1 is 1.58 bits per heavy atom. The van der Waals surface area contributed by atoms with Crippen molar-refractivity contribution in [1.82, 2.24) is 0 Å². The van der Waals surface area contributed by atoms with E-state index in [4.69, 9.17) is 15.8 Å². The van der Waals surface area contributed by atoms with Crippen molar-refractivity contribution in [3.8, 4) is 0 Å². The molecule has 0 heterocycles. The Morgan fingerprint density at radius 3 is 2.33 bits per heavy atom. The van der Waals surface area contributed by atoms with E-state index in [-0.39, 0.29) is 0 Å². The molecule has 12 heavy (non-hydrogen) atoms. The fraction of sp³-hybridized carbons (Fsp3) is 1.00. The van der Waals surface area contributed by atoms with Crippen LogP contribution in [0.25, 0.3) is 0 Å². The maximum atomic E-state index is 11.0. The number of hydrogen-bond acceptors (Lipinski definition) is 3. The minimum absolute atomic E-state index is 0.444. The fourth-order valence-corrected chi connectivity index (χ4v) is 2.87. The molecule has 0 aromatic carbocycles. The lowest BCUT2D eigenvalue weighted by Crippen LogP contribution is -2.19. The first kappa shape index (κ1) is 10.3. The second-order valence-electron chi connectivity index (χ2n) is 3.51. The molecule has 0 radical (unpaired) electrons. The summed E-state index contributed by atoms with van der Waals surface area (Å²) in [6.45, 7) is 1.65. The van der Waals surface area contributed by atoms with E-state index in [1.54, 1.807) is 6.92 Å². The van der Waals surface area contributed by atoms with Gasteiger partial charge in [0.1, 0.15) is 0 Å². The van der Waals surface area contributed by atoms with Crippen molar-refractivity contribution in [2.24, 2.45) is 0 Å². The quantitative estimate of drug-likeness (QED) is 0.714. The minimum atomic E-state index is -3.43. The Labute approximate surface area is 77.1 Å². The predicted octanol–water partition coefficient (Wildman–Crippen LogP) is 1.25. The number of aliphatic hydroxyl groups excluding tert-OH is 1. The van der Waals surface area contributed by atoms with E-state index in [9.17, 15) is 8.42 Å². The van der Waals surface area contributed by atoms with Crippen LogP contribution in [0.1, 0.15) is 32.6 Å². The summed E-state index contributed by atoms with van der Waals surface area (Å²) >= 11 is 0. The van der Waals surface area contributed by atoms with E-state index >= 15 is 0 Å². The summed E-state index contributed by atoms with van der Waals surface area (Å²) in [4.78, 5) is 0. The molecule has 0 spiro atoms. The van der Waals surface area contributed by atoms with Gasteiger partial charge in [-0.3, -0.25) is 0 Å². The van der Waals surface area contributed by atoms with Crippen molar-refractivity contribution in [3.63, 3.8) is 0 Å². The van der Waals surface area contributed by atoms with Gasteiger partial charge in [0.2, 0.25) is 9.05 Å². The van der Waals surface area contributed by atoms with Gasteiger partial charge in [-0.2, -0.15) is 0 Å². The Bertz CT molecular complexity index is 254. The number of hydrogen-bond donors (Lipinski definition) is 1. The molecule has 1 N–H and O–H groups in total. The zero-order valence-electron chi connectivity index (χ0n) is 6.96. The third-order valence-corrected chi connectivity index (χ3v) is 4.97. The van der Waals surface area contributed by atoms with Crippen molar-refractivity contribution in [3.05, 3.63) is 0 Å². The first-order chi connectivity index (χ1) is 5.37. The molecule has 0 aromatic rings. The predicted molar refractivity (Wildman–Crippen MR) is 47.7 cm³/mol. The summed E-state index contributed by atoms with van der Waals surface area (Å²) in [5.74, 6) is 0. The molecule has 1 rings (SSSR count). The zero-order valence-corrected chi connectivity index (χ0v) is 8.53. The maximum Gasteiger partial charge on any atom is 0.238 e. The van der Waals surface area contributed by atoms with E-state index in [2.05, 4.69) is 0 Å². The van der Waals surface area contributed by atoms with Gasteiger partial charge >= 0.3 is 0 Å². The SMILES string of the molecule is CC(O)CCC1(S(=O)(=O)Cl)CC1. The molecule has 1 atom stereocenters. The van der Waals surface area contributed by atoms with Crippen molar-refractivity contribution >= 4 is 19.7 Å². The molecule has 3 nitrogen and oxygen atoms in total. The second-order valence-corrected chi connectivity index (χ2v) is 6.47. The third kappa shape index (κ3) is 2.12. The highest BCUT2D eigenvalue weighted by Gasteiger charge is 2.53. The lowest BCUT2D eigenvalue weighted by molar-refractivity contribution is 0.180. The largest absolute Gasteiger partial charge is 0.393 e. The molecule has 0 amide bonds. The number of halogens is 1. The summed E-state index contributed by atoms with van der Waals surface area (Å²) in [6, 6.07) is 0. The first-order valence-electron chi connectivity index (χ1n) is 4.00. The van der Waals surface area contributed by atoms with Gasteiger partial charge in [-0.15, -0.1) is 0 Å². The van der Waals surface area contributed by atoms with Crippen LogP contribution >= 0.6 is 10.7 Å². The van der Waals surface area contributed by atoms with Gasteiger partial charge in [-0.25, -0.2) is 8.42 Å². The normalized spacial score (nSPS) is 23.6. The Hall–Kier alpha value is 0.200. The van der Waals surface area contributed by atoms with Gasteiger partial charge in [-0.1, -0.05) is 0 Å². The van der Waals surface area contributed by atoms with Crippen LogP contribution in [0, 0.1) is 0 Å². The summed E-state index contributed by atoms with van der Waals surface area (Å²) in [7, 11) is 1.84. The first-order valence-corrected chi connectivity index (χ1v) is 6.31. The van der Waals surface area contributed by atoms with Crippen LogP contribution in [0.5, 0.6) is 0 Å². The molecule has 0 aromatic heterocycles. The lowest BCUT2D eigenvalue weighted by Gasteiger charge is -2.11. The molecule has 0 bridgehead atoms. The monoisotopic (exact) mass is 212 g/mol. The van der Waals surface area contributed by atoms with Crippen molar-refractivity contribution in [2.45, 2.75) is 43.5 Å². The van der Waals surface area contributed by atoms with E-state index < -0.39 is 19.9 Å². The van der Waals surface area contributed by atoms with Gasteiger partial charge in [0.15, 0.2) is 0 Å². The Kier molecular flexibility index (Phi) is 2.71. The Balaban J connectivity index is 2.52. The minimum Gasteiger partial charge on any atom is -0.393 e. The molecule has 1 aliphatic rings. The molecule has 0 saturated heterocycles. The molecule has 0 aliphatic heterocycles. The van der Waals surface area contributed by atoms with Crippen LogP contribution in [0.2, 0.25) is 0 Å². The van der Waals surface area contributed by atoms with Crippen LogP contribution in [0.15, 0.2) is 0 Å². The average molecular weight is 213 g/mol. The zero-order chi connectivity index (χ0) is 9.41. The van der Waals surface area contributed by atoms with Gasteiger partial charge in [0, 0.05) is 10.7 Å². The molecule has 1 saturated carbocycles. The smallest absolute Gasteiger partial charge is 0.238 e. The highest BCUT2D eigenvalue weighted by Crippen LogP contribution is 2.49. The highest BCUT2D eigenvalue weighted by molar-refractivity contribution is 8.15. The van der Waals surface area contributed by atoms with Crippen LogP contribution in [-0.4, -0.2) is 24.4 Å². The van der Waals surface area contributed by atoms with Crippen molar-refractivity contribution in [2.75, 3.05) is 0 Å². The van der Waals surface area contributed by atoms with Crippen LogP contribution in [-0.2, 0) is 9.05 Å². The second kappa shape index (κ2) is 3.16. The fourth-order valence-electron chi connectivity index (χ4n) is 1.23. The highest BCUT2D eigenvalue weighted by atomic mass is 35.7. The summed E-state index contributed by atoms with van der Waals surface area (Å²) < 4.78 is 21.3. The Morgan fingerprint density at radius 2 is 2.08 bits per heavy atom. The summed E-state index contributed by atoms with van der Waals surface area (Å²) in [5.41, 5.74) is 0.